The minimum Gasteiger partial charge on any atom is -0.481 e. The molecular weight excluding hydrogens is 429 g/mol. The number of carbonyl (C=O) groups excluding carboxylic acids is 1. The lowest BCUT2D eigenvalue weighted by Crippen LogP contribution is -2.43. The van der Waals surface area contributed by atoms with Crippen LogP contribution in [0.25, 0.3) is 0 Å². The van der Waals surface area contributed by atoms with Crippen molar-refractivity contribution in [3.05, 3.63) is 32.9 Å². The van der Waals surface area contributed by atoms with Gasteiger partial charge in [0, 0.05) is 28.0 Å². The Bertz CT molecular complexity index is 696. The molecule has 0 bridgehead atoms. The third kappa shape index (κ3) is 3.20. The molecular formula is C20H24INO3. The highest BCUT2D eigenvalue weighted by Gasteiger charge is 2.43. The van der Waals surface area contributed by atoms with Crippen molar-refractivity contribution >= 4 is 34.5 Å². The number of aryl methyl sites for hydroxylation is 1. The van der Waals surface area contributed by atoms with Crippen LogP contribution in [0.15, 0.2) is 18.2 Å². The van der Waals surface area contributed by atoms with E-state index in [4.69, 9.17) is 5.11 Å². The summed E-state index contributed by atoms with van der Waals surface area (Å²) in [5.41, 5.74) is 2.91. The number of amides is 1. The fourth-order valence-electron chi connectivity index (χ4n) is 5.12. The van der Waals surface area contributed by atoms with E-state index in [1.165, 1.54) is 14.7 Å². The molecule has 1 N–H and O–H groups in total. The molecule has 134 valence electrons. The number of nitrogens with zero attached hydrogens (tertiary/aromatic N) is 1. The van der Waals surface area contributed by atoms with E-state index in [1.54, 1.807) is 0 Å². The first-order chi connectivity index (χ1) is 12.0. The minimum absolute atomic E-state index is 0.0347. The van der Waals surface area contributed by atoms with Crippen molar-refractivity contribution in [2.45, 2.75) is 56.9 Å². The molecule has 4 rings (SSSR count). The zero-order valence-corrected chi connectivity index (χ0v) is 16.4. The van der Waals surface area contributed by atoms with Gasteiger partial charge in [-0.25, -0.2) is 0 Å². The number of benzene rings is 1. The summed E-state index contributed by atoms with van der Waals surface area (Å²) >= 11 is 2.37. The topological polar surface area (TPSA) is 57.6 Å². The number of aliphatic carboxylic acids is 1. The van der Waals surface area contributed by atoms with Gasteiger partial charge in [0.05, 0.1) is 5.92 Å². The van der Waals surface area contributed by atoms with Crippen molar-refractivity contribution in [3.63, 3.8) is 0 Å². The average molecular weight is 453 g/mol. The molecule has 5 heteroatoms. The number of fused-ring (bicyclic) bond motifs is 3. The van der Waals surface area contributed by atoms with Crippen molar-refractivity contribution in [1.29, 1.82) is 0 Å². The molecule has 2 atom stereocenters. The van der Waals surface area contributed by atoms with Crippen molar-refractivity contribution in [2.75, 3.05) is 6.54 Å². The van der Waals surface area contributed by atoms with Crippen LogP contribution in [0.3, 0.4) is 0 Å². The molecule has 0 aromatic heterocycles. The first-order valence-electron chi connectivity index (χ1n) is 9.36. The minimum atomic E-state index is -0.703. The Labute approximate surface area is 162 Å². The van der Waals surface area contributed by atoms with E-state index >= 15 is 0 Å². The number of halogens is 1. The number of likely N-dealkylation sites (tertiary alicyclic amines) is 1. The van der Waals surface area contributed by atoms with E-state index in [1.807, 2.05) is 0 Å². The Kier molecular flexibility index (Phi) is 4.77. The maximum atomic E-state index is 13.1. The van der Waals surface area contributed by atoms with Gasteiger partial charge in [-0.3, -0.25) is 9.59 Å². The lowest BCUT2D eigenvalue weighted by Gasteiger charge is -2.36. The SMILES string of the molecule is O=C(O)C1CCC(C(=O)N2CC[C@H]3c4ccc(I)cc4CC[C@H]32)CC1. The lowest BCUT2D eigenvalue weighted by atomic mass is 9.78. The van der Waals surface area contributed by atoms with E-state index in [0.29, 0.717) is 24.8 Å². The Morgan fingerprint density at radius 1 is 1.04 bits per heavy atom. The van der Waals surface area contributed by atoms with Gasteiger partial charge in [0.25, 0.3) is 0 Å². The van der Waals surface area contributed by atoms with Gasteiger partial charge in [-0.15, -0.1) is 0 Å². The highest BCUT2D eigenvalue weighted by molar-refractivity contribution is 14.1. The molecule has 3 aliphatic rings. The van der Waals surface area contributed by atoms with Crippen molar-refractivity contribution in [3.8, 4) is 0 Å². The lowest BCUT2D eigenvalue weighted by molar-refractivity contribution is -0.146. The number of carboxylic acid groups (broad SMARTS) is 1. The van der Waals surface area contributed by atoms with Crippen molar-refractivity contribution < 1.29 is 14.7 Å². The van der Waals surface area contributed by atoms with Gasteiger partial charge in [0.1, 0.15) is 0 Å². The molecule has 1 amide bonds. The standard InChI is InChI=1S/C20H24INO3/c21-15-6-7-16-14(11-15)5-8-18-17(16)9-10-22(18)19(23)12-1-3-13(4-2-12)20(24)25/h6-7,11-13,17-18H,1-5,8-10H2,(H,24,25)/t12?,13?,17-,18+/m0/s1. The highest BCUT2D eigenvalue weighted by atomic mass is 127. The van der Waals surface area contributed by atoms with Gasteiger partial charge in [0.2, 0.25) is 5.91 Å². The zero-order valence-electron chi connectivity index (χ0n) is 14.3. The second-order valence-corrected chi connectivity index (χ2v) is 9.01. The van der Waals surface area contributed by atoms with Crippen LogP contribution in [-0.4, -0.2) is 34.5 Å². The normalized spacial score (nSPS) is 31.3. The highest BCUT2D eigenvalue weighted by Crippen LogP contribution is 2.43. The molecule has 1 saturated carbocycles. The third-order valence-electron chi connectivity index (χ3n) is 6.47. The summed E-state index contributed by atoms with van der Waals surface area (Å²) in [6, 6.07) is 7.08. The Morgan fingerprint density at radius 2 is 1.76 bits per heavy atom. The van der Waals surface area contributed by atoms with E-state index in [2.05, 4.69) is 45.7 Å². The van der Waals surface area contributed by atoms with Crippen LogP contribution in [0.4, 0.5) is 0 Å². The van der Waals surface area contributed by atoms with Crippen LogP contribution in [0.2, 0.25) is 0 Å². The zero-order chi connectivity index (χ0) is 17.6. The van der Waals surface area contributed by atoms with Gasteiger partial charge in [-0.1, -0.05) is 6.07 Å². The molecule has 4 nitrogen and oxygen atoms in total. The van der Waals surface area contributed by atoms with E-state index < -0.39 is 5.97 Å². The second kappa shape index (κ2) is 6.89. The van der Waals surface area contributed by atoms with Gasteiger partial charge < -0.3 is 10.0 Å². The number of hydrogen-bond donors (Lipinski definition) is 1. The monoisotopic (exact) mass is 453 g/mol. The summed E-state index contributed by atoms with van der Waals surface area (Å²) < 4.78 is 1.29. The van der Waals surface area contributed by atoms with Crippen LogP contribution in [0.5, 0.6) is 0 Å². The smallest absolute Gasteiger partial charge is 0.306 e. The van der Waals surface area contributed by atoms with Gasteiger partial charge in [0.15, 0.2) is 0 Å². The van der Waals surface area contributed by atoms with Crippen LogP contribution in [0.1, 0.15) is 55.6 Å². The molecule has 0 unspecified atom stereocenters. The van der Waals surface area contributed by atoms with Crippen LogP contribution >= 0.6 is 22.6 Å². The van der Waals surface area contributed by atoms with Crippen LogP contribution < -0.4 is 0 Å². The first-order valence-corrected chi connectivity index (χ1v) is 10.4. The predicted molar refractivity (Wildman–Crippen MR) is 103 cm³/mol. The summed E-state index contributed by atoms with van der Waals surface area (Å²) in [6.45, 7) is 0.860. The molecule has 2 aliphatic carbocycles. The fourth-order valence-corrected chi connectivity index (χ4v) is 5.68. The molecule has 1 heterocycles. The summed E-state index contributed by atoms with van der Waals surface area (Å²) in [7, 11) is 0. The molecule has 1 aromatic rings. The predicted octanol–water partition coefficient (Wildman–Crippen LogP) is 3.81. The molecule has 1 aliphatic heterocycles. The first kappa shape index (κ1) is 17.3. The van der Waals surface area contributed by atoms with Gasteiger partial charge >= 0.3 is 5.97 Å². The van der Waals surface area contributed by atoms with Crippen molar-refractivity contribution in [1.82, 2.24) is 4.90 Å². The quantitative estimate of drug-likeness (QED) is 0.693. The maximum Gasteiger partial charge on any atom is 0.306 e. The fraction of sp³-hybridized carbons (Fsp3) is 0.600. The maximum absolute atomic E-state index is 13.1. The van der Waals surface area contributed by atoms with Gasteiger partial charge in [-0.05, 0) is 90.8 Å². The Hall–Kier alpha value is -1.11. The molecule has 1 saturated heterocycles. The largest absolute Gasteiger partial charge is 0.481 e. The summed E-state index contributed by atoms with van der Waals surface area (Å²) in [5.74, 6) is -0.150. The van der Waals surface area contributed by atoms with Gasteiger partial charge in [-0.2, -0.15) is 0 Å². The van der Waals surface area contributed by atoms with Crippen LogP contribution in [-0.2, 0) is 16.0 Å². The second-order valence-electron chi connectivity index (χ2n) is 7.76. The molecule has 1 aromatic carbocycles. The number of rotatable bonds is 2. The third-order valence-corrected chi connectivity index (χ3v) is 7.14. The molecule has 2 fully saturated rings. The Morgan fingerprint density at radius 3 is 2.48 bits per heavy atom. The van der Waals surface area contributed by atoms with E-state index in [-0.39, 0.29) is 17.7 Å². The molecule has 0 spiro atoms. The van der Waals surface area contributed by atoms with E-state index in [0.717, 1.165) is 38.6 Å². The number of carbonyl (C=O) groups is 2. The van der Waals surface area contributed by atoms with E-state index in [9.17, 15) is 9.59 Å². The summed E-state index contributed by atoms with van der Waals surface area (Å²) in [4.78, 5) is 26.3. The molecule has 25 heavy (non-hydrogen) atoms. The molecule has 0 radical (unpaired) electrons. The van der Waals surface area contributed by atoms with Crippen molar-refractivity contribution in [2.24, 2.45) is 11.8 Å². The summed E-state index contributed by atoms with van der Waals surface area (Å²) in [6.07, 6.45) is 5.95. The summed E-state index contributed by atoms with van der Waals surface area (Å²) in [5, 5.41) is 9.15. The van der Waals surface area contributed by atoms with Crippen LogP contribution in [0, 0.1) is 15.4 Å². The number of carboxylic acids is 1. The number of hydrogen-bond acceptors (Lipinski definition) is 2. The average Bonchev–Trinajstić information content (AvgIpc) is 3.05. The Balaban J connectivity index is 1.46.